The topological polar surface area (TPSA) is 61.7 Å². The highest BCUT2D eigenvalue weighted by molar-refractivity contribution is 7.81. The van der Waals surface area contributed by atoms with Crippen LogP contribution in [0.25, 0.3) is 0 Å². The predicted octanol–water partition coefficient (Wildman–Crippen LogP) is 3.45. The van der Waals surface area contributed by atoms with Crippen molar-refractivity contribution in [2.24, 2.45) is 9.85 Å². The van der Waals surface area contributed by atoms with E-state index in [0.29, 0.717) is 5.11 Å². The number of nitrogens with one attached hydrogen (secondary N) is 1. The Morgan fingerprint density at radius 2 is 1.71 bits per heavy atom. The monoisotopic (exact) mass is 443 g/mol. The minimum atomic E-state index is -2.13. The lowest BCUT2D eigenvalue weighted by molar-refractivity contribution is 0.0551. The van der Waals surface area contributed by atoms with E-state index in [4.69, 9.17) is 26.4 Å². The molecular weight excluding hydrogens is 413 g/mol. The Labute approximate surface area is 177 Å². The lowest BCUT2D eigenvalue weighted by Gasteiger charge is -2.52. The van der Waals surface area contributed by atoms with Crippen molar-refractivity contribution in [2.75, 3.05) is 52.6 Å². The van der Waals surface area contributed by atoms with Crippen LogP contribution in [0, 0.1) is 0 Å². The first-order valence-electron chi connectivity index (χ1n) is 9.57. The molecule has 2 fully saturated rings. The third-order valence-electron chi connectivity index (χ3n) is 4.81. The van der Waals surface area contributed by atoms with Crippen LogP contribution in [0.15, 0.2) is 26.7 Å². The summed E-state index contributed by atoms with van der Waals surface area (Å²) in [7, 11) is -2.13. The first-order valence-corrected chi connectivity index (χ1v) is 12.6. The number of hydrogen-bond donors (Lipinski definition) is 1. The lowest BCUT2D eigenvalue weighted by Crippen LogP contribution is -2.48. The lowest BCUT2D eigenvalue weighted by atomic mass is 10.3. The Bertz CT molecular complexity index is 699. The van der Waals surface area contributed by atoms with Gasteiger partial charge in [-0.1, -0.05) is 20.8 Å². The molecule has 0 unspecified atom stereocenters. The normalized spacial score (nSPS) is 20.4. The minimum absolute atomic E-state index is 0.0650. The summed E-state index contributed by atoms with van der Waals surface area (Å²) in [5.74, 6) is 0. The van der Waals surface area contributed by atoms with Crippen LogP contribution in [0.2, 0.25) is 0 Å². The molecular formula is C18H30N5O2PS2. The van der Waals surface area contributed by atoms with Crippen LogP contribution in [0.5, 0.6) is 0 Å². The fourth-order valence-corrected chi connectivity index (χ4v) is 8.98. The summed E-state index contributed by atoms with van der Waals surface area (Å²) in [6, 6.07) is 2.02. The summed E-state index contributed by atoms with van der Waals surface area (Å²) in [4.78, 5) is 0. The number of rotatable bonds is 4. The molecule has 1 N–H and O–H groups in total. The Hall–Kier alpha value is -0.670. The van der Waals surface area contributed by atoms with Crippen molar-refractivity contribution >= 4 is 42.2 Å². The van der Waals surface area contributed by atoms with Gasteiger partial charge in [0.2, 0.25) is 5.11 Å². The Morgan fingerprint density at radius 1 is 1.14 bits per heavy atom. The first kappa shape index (κ1) is 22.0. The van der Waals surface area contributed by atoms with Crippen LogP contribution in [0.4, 0.5) is 0 Å². The van der Waals surface area contributed by atoms with Gasteiger partial charge < -0.3 is 9.47 Å². The van der Waals surface area contributed by atoms with Gasteiger partial charge >= 0.3 is 0 Å². The van der Waals surface area contributed by atoms with Crippen LogP contribution >= 0.6 is 30.9 Å². The predicted molar refractivity (Wildman–Crippen MR) is 122 cm³/mol. The molecule has 1 aromatic rings. The fourth-order valence-electron chi connectivity index (χ4n) is 3.63. The van der Waals surface area contributed by atoms with Gasteiger partial charge in [0.15, 0.2) is 0 Å². The number of nitrogens with zero attached hydrogens (tertiary/aromatic N) is 4. The molecule has 3 rings (SSSR count). The zero-order valence-corrected chi connectivity index (χ0v) is 19.4. The number of ether oxygens (including phenoxy) is 2. The third kappa shape index (κ3) is 5.08. The van der Waals surface area contributed by atoms with E-state index in [1.54, 1.807) is 17.6 Å². The summed E-state index contributed by atoms with van der Waals surface area (Å²) in [6.45, 7) is 13.2. The summed E-state index contributed by atoms with van der Waals surface area (Å²) in [5.41, 5.74) is 4.03. The second-order valence-corrected chi connectivity index (χ2v) is 12.7. The van der Waals surface area contributed by atoms with Gasteiger partial charge in [-0.2, -0.15) is 16.4 Å². The first-order chi connectivity index (χ1) is 13.4. The minimum Gasteiger partial charge on any atom is -0.379 e. The van der Waals surface area contributed by atoms with Crippen LogP contribution in [-0.2, 0) is 9.47 Å². The van der Waals surface area contributed by atoms with E-state index in [1.807, 2.05) is 16.8 Å². The Kier molecular flexibility index (Phi) is 7.78. The highest BCUT2D eigenvalue weighted by atomic mass is 32.1. The molecule has 0 aliphatic carbocycles. The van der Waals surface area contributed by atoms with Gasteiger partial charge in [-0.25, -0.2) is 4.74 Å². The Morgan fingerprint density at radius 3 is 2.18 bits per heavy atom. The fraction of sp³-hybridized carbons (Fsp3) is 0.667. The molecule has 10 heteroatoms. The molecule has 0 atom stereocenters. The van der Waals surface area contributed by atoms with Gasteiger partial charge in [0.05, 0.1) is 32.6 Å². The standard InChI is InChI=1S/C18H30N5O2PS2/c1-18(2,3)26(22-5-9-24-10-6-22,23-7-11-25-12-8-23)21-17(27)20-19-14-16-4-13-28-15-16/h4,13-15H,5-12H2,1-3H3,(H,20,27)/b19-14-. The van der Waals surface area contributed by atoms with E-state index >= 15 is 0 Å². The van der Waals surface area contributed by atoms with Crippen molar-refractivity contribution in [1.82, 2.24) is 14.8 Å². The highest BCUT2D eigenvalue weighted by Crippen LogP contribution is 2.66. The number of thiocarbonyl (C=S) groups is 1. The molecule has 2 aliphatic heterocycles. The maximum Gasteiger partial charge on any atom is 0.214 e. The molecule has 0 bridgehead atoms. The molecule has 2 aliphatic rings. The van der Waals surface area contributed by atoms with Crippen molar-refractivity contribution in [2.45, 2.75) is 25.9 Å². The SMILES string of the molecule is CC(C)(C)P(=NC(=S)N/N=C\c1ccsc1)(N1CCOCC1)N1CCOCC1. The smallest absolute Gasteiger partial charge is 0.214 e. The van der Waals surface area contributed by atoms with Crippen molar-refractivity contribution in [3.05, 3.63) is 22.4 Å². The van der Waals surface area contributed by atoms with E-state index in [2.05, 4.69) is 40.6 Å². The molecule has 0 saturated carbocycles. The molecule has 0 spiro atoms. The van der Waals surface area contributed by atoms with E-state index in [0.717, 1.165) is 58.2 Å². The quantitative estimate of drug-likeness (QED) is 0.333. The van der Waals surface area contributed by atoms with Gasteiger partial charge in [-0.15, -0.1) is 0 Å². The molecule has 7 nitrogen and oxygen atoms in total. The van der Waals surface area contributed by atoms with E-state index < -0.39 is 7.36 Å². The number of hydrogen-bond acceptors (Lipinski definition) is 5. The van der Waals surface area contributed by atoms with E-state index in [1.165, 1.54) is 0 Å². The van der Waals surface area contributed by atoms with Gasteiger partial charge in [0.1, 0.15) is 7.36 Å². The van der Waals surface area contributed by atoms with Crippen molar-refractivity contribution in [3.8, 4) is 0 Å². The highest BCUT2D eigenvalue weighted by Gasteiger charge is 2.45. The van der Waals surface area contributed by atoms with Crippen LogP contribution in [0.1, 0.15) is 26.3 Å². The van der Waals surface area contributed by atoms with E-state index in [9.17, 15) is 0 Å². The summed E-state index contributed by atoms with van der Waals surface area (Å²) >= 11 is 7.27. The Balaban J connectivity index is 1.92. The maximum atomic E-state index is 5.63. The molecule has 0 aromatic carbocycles. The largest absolute Gasteiger partial charge is 0.379 e. The van der Waals surface area contributed by atoms with Gasteiger partial charge in [0, 0.05) is 36.9 Å². The van der Waals surface area contributed by atoms with Crippen LogP contribution in [0.3, 0.4) is 0 Å². The third-order valence-corrected chi connectivity index (χ3v) is 10.5. The van der Waals surface area contributed by atoms with Crippen LogP contribution in [-0.4, -0.2) is 78.4 Å². The molecule has 3 heterocycles. The number of thiophene rings is 1. The van der Waals surface area contributed by atoms with Gasteiger partial charge in [0.25, 0.3) is 0 Å². The maximum absolute atomic E-state index is 5.63. The average Bonchev–Trinajstić information content (AvgIpc) is 3.20. The molecule has 0 radical (unpaired) electrons. The van der Waals surface area contributed by atoms with E-state index in [-0.39, 0.29) is 5.16 Å². The average molecular weight is 444 g/mol. The molecule has 28 heavy (non-hydrogen) atoms. The van der Waals surface area contributed by atoms with Crippen molar-refractivity contribution < 1.29 is 9.47 Å². The summed E-state index contributed by atoms with van der Waals surface area (Å²) in [5, 5.41) is 8.74. The number of morpholine rings is 2. The molecule has 2 saturated heterocycles. The van der Waals surface area contributed by atoms with Crippen LogP contribution < -0.4 is 5.43 Å². The van der Waals surface area contributed by atoms with Crippen molar-refractivity contribution in [3.63, 3.8) is 0 Å². The van der Waals surface area contributed by atoms with Gasteiger partial charge in [-0.05, 0) is 29.0 Å². The zero-order chi connectivity index (χ0) is 20.0. The number of hydrazone groups is 1. The second kappa shape index (κ2) is 9.89. The second-order valence-electron chi connectivity index (χ2n) is 7.70. The molecule has 0 amide bonds. The van der Waals surface area contributed by atoms with Gasteiger partial charge in [-0.3, -0.25) is 14.8 Å². The molecule has 1 aromatic heterocycles. The molecule has 156 valence electrons. The van der Waals surface area contributed by atoms with Crippen molar-refractivity contribution in [1.29, 1.82) is 0 Å². The summed E-state index contributed by atoms with van der Waals surface area (Å²) in [6.07, 6.45) is 1.78. The summed E-state index contributed by atoms with van der Waals surface area (Å²) < 4.78 is 21.5. The zero-order valence-electron chi connectivity index (χ0n) is 16.8.